The lowest BCUT2D eigenvalue weighted by atomic mass is 10.0. The Bertz CT molecular complexity index is 932. The summed E-state index contributed by atoms with van der Waals surface area (Å²) < 4.78 is 5.21. The SMILES string of the molecule is Cc1cc(C)c(NC(=O)COC(=O)C(CC(C)C)NC(=O)c2ccc(Cl)cc2)c(C)c1. The molecule has 0 radical (unpaired) electrons. The molecule has 0 aliphatic carbocycles. The minimum atomic E-state index is -0.862. The van der Waals surface area contributed by atoms with E-state index < -0.39 is 30.4 Å². The Labute approximate surface area is 188 Å². The molecule has 0 aromatic heterocycles. The molecule has 6 nitrogen and oxygen atoms in total. The van der Waals surface area contributed by atoms with Crippen molar-refractivity contribution in [2.75, 3.05) is 11.9 Å². The molecule has 2 amide bonds. The fourth-order valence-corrected chi connectivity index (χ4v) is 3.44. The van der Waals surface area contributed by atoms with Gasteiger partial charge in [-0.05, 0) is 68.5 Å². The van der Waals surface area contributed by atoms with E-state index in [1.54, 1.807) is 24.3 Å². The van der Waals surface area contributed by atoms with Gasteiger partial charge in [0.05, 0.1) is 0 Å². The predicted octanol–water partition coefficient (Wildman–Crippen LogP) is 4.59. The topological polar surface area (TPSA) is 84.5 Å². The summed E-state index contributed by atoms with van der Waals surface area (Å²) in [6, 6.07) is 9.44. The van der Waals surface area contributed by atoms with Gasteiger partial charge in [0.25, 0.3) is 11.8 Å². The Morgan fingerprint density at radius 1 is 1.00 bits per heavy atom. The molecule has 1 atom stereocenters. The summed E-state index contributed by atoms with van der Waals surface area (Å²) >= 11 is 5.85. The third-order valence-electron chi connectivity index (χ3n) is 4.69. The van der Waals surface area contributed by atoms with Crippen molar-refractivity contribution in [3.63, 3.8) is 0 Å². The monoisotopic (exact) mass is 444 g/mol. The van der Waals surface area contributed by atoms with Crippen LogP contribution in [-0.4, -0.2) is 30.4 Å². The van der Waals surface area contributed by atoms with Crippen molar-refractivity contribution in [1.29, 1.82) is 0 Å². The van der Waals surface area contributed by atoms with E-state index in [1.807, 2.05) is 46.8 Å². The van der Waals surface area contributed by atoms with Crippen LogP contribution >= 0.6 is 11.6 Å². The molecule has 31 heavy (non-hydrogen) atoms. The van der Waals surface area contributed by atoms with Crippen molar-refractivity contribution in [3.8, 4) is 0 Å². The van der Waals surface area contributed by atoms with E-state index in [-0.39, 0.29) is 5.92 Å². The average Bonchev–Trinajstić information content (AvgIpc) is 2.68. The van der Waals surface area contributed by atoms with E-state index in [4.69, 9.17) is 16.3 Å². The van der Waals surface area contributed by atoms with Crippen LogP contribution in [0.2, 0.25) is 5.02 Å². The Morgan fingerprint density at radius 2 is 1.58 bits per heavy atom. The molecule has 166 valence electrons. The van der Waals surface area contributed by atoms with Gasteiger partial charge in [-0.25, -0.2) is 4.79 Å². The molecule has 2 rings (SSSR count). The zero-order chi connectivity index (χ0) is 23.1. The summed E-state index contributed by atoms with van der Waals surface area (Å²) in [6.07, 6.45) is 0.385. The highest BCUT2D eigenvalue weighted by Gasteiger charge is 2.25. The molecular formula is C24H29ClN2O4. The number of amides is 2. The predicted molar refractivity (Wildman–Crippen MR) is 122 cm³/mol. The maximum atomic E-state index is 12.6. The van der Waals surface area contributed by atoms with Crippen LogP contribution in [-0.2, 0) is 14.3 Å². The molecule has 2 aromatic rings. The van der Waals surface area contributed by atoms with Crippen LogP contribution in [0.1, 0.15) is 47.3 Å². The van der Waals surface area contributed by atoms with Crippen LogP contribution in [0, 0.1) is 26.7 Å². The summed E-state index contributed by atoms with van der Waals surface area (Å²) in [5.41, 5.74) is 4.07. The van der Waals surface area contributed by atoms with Gasteiger partial charge in [0.1, 0.15) is 6.04 Å². The van der Waals surface area contributed by atoms with Gasteiger partial charge >= 0.3 is 5.97 Å². The molecule has 0 saturated carbocycles. The Balaban J connectivity index is 1.99. The van der Waals surface area contributed by atoms with Crippen molar-refractivity contribution in [1.82, 2.24) is 5.32 Å². The van der Waals surface area contributed by atoms with Gasteiger partial charge < -0.3 is 15.4 Å². The number of carbonyl (C=O) groups is 3. The first-order valence-electron chi connectivity index (χ1n) is 10.2. The number of rotatable bonds is 8. The minimum absolute atomic E-state index is 0.134. The second kappa shape index (κ2) is 11.0. The van der Waals surface area contributed by atoms with Gasteiger partial charge in [0.2, 0.25) is 0 Å². The fourth-order valence-electron chi connectivity index (χ4n) is 3.32. The third-order valence-corrected chi connectivity index (χ3v) is 4.94. The number of hydrogen-bond acceptors (Lipinski definition) is 4. The minimum Gasteiger partial charge on any atom is -0.454 e. The molecule has 0 spiro atoms. The van der Waals surface area contributed by atoms with Crippen LogP contribution in [0.25, 0.3) is 0 Å². The molecular weight excluding hydrogens is 416 g/mol. The van der Waals surface area contributed by atoms with Gasteiger partial charge in [-0.3, -0.25) is 9.59 Å². The van der Waals surface area contributed by atoms with E-state index in [1.165, 1.54) is 0 Å². The fraction of sp³-hybridized carbons (Fsp3) is 0.375. The van der Waals surface area contributed by atoms with Crippen molar-refractivity contribution < 1.29 is 19.1 Å². The highest BCUT2D eigenvalue weighted by Crippen LogP contribution is 2.21. The number of esters is 1. The smallest absolute Gasteiger partial charge is 0.329 e. The molecule has 0 aliphatic rings. The summed E-state index contributed by atoms with van der Waals surface area (Å²) in [5.74, 6) is -1.36. The van der Waals surface area contributed by atoms with Gasteiger partial charge in [0, 0.05) is 16.3 Å². The van der Waals surface area contributed by atoms with E-state index >= 15 is 0 Å². The van der Waals surface area contributed by atoms with Gasteiger partial charge in [-0.15, -0.1) is 0 Å². The molecule has 0 aliphatic heterocycles. The first kappa shape index (κ1) is 24.4. The number of nitrogens with one attached hydrogen (secondary N) is 2. The zero-order valence-electron chi connectivity index (χ0n) is 18.5. The lowest BCUT2D eigenvalue weighted by Gasteiger charge is -2.19. The van der Waals surface area contributed by atoms with Gasteiger partial charge in [-0.1, -0.05) is 43.1 Å². The number of ether oxygens (including phenoxy) is 1. The van der Waals surface area contributed by atoms with E-state index in [9.17, 15) is 14.4 Å². The lowest BCUT2D eigenvalue weighted by Crippen LogP contribution is -2.43. The first-order valence-corrected chi connectivity index (χ1v) is 10.6. The maximum Gasteiger partial charge on any atom is 0.329 e. The van der Waals surface area contributed by atoms with Crippen LogP contribution in [0.5, 0.6) is 0 Å². The van der Waals surface area contributed by atoms with Gasteiger partial charge in [-0.2, -0.15) is 0 Å². The molecule has 0 heterocycles. The van der Waals surface area contributed by atoms with Crippen molar-refractivity contribution in [3.05, 3.63) is 63.7 Å². The zero-order valence-corrected chi connectivity index (χ0v) is 19.3. The molecule has 1 unspecified atom stereocenters. The standard InChI is InChI=1S/C24H29ClN2O4/c1-14(2)10-20(26-23(29)18-6-8-19(25)9-7-18)24(30)31-13-21(28)27-22-16(4)11-15(3)12-17(22)5/h6-9,11-12,14,20H,10,13H2,1-5H3,(H,26,29)(H,27,28). The molecule has 2 aromatic carbocycles. The summed E-state index contributed by atoms with van der Waals surface area (Å²) in [4.78, 5) is 37.4. The normalized spacial score (nSPS) is 11.7. The number of anilines is 1. The molecule has 2 N–H and O–H groups in total. The Kier molecular flexibility index (Phi) is 8.63. The summed E-state index contributed by atoms with van der Waals surface area (Å²) in [5, 5.41) is 6.00. The van der Waals surface area contributed by atoms with Crippen LogP contribution in [0.15, 0.2) is 36.4 Å². The van der Waals surface area contributed by atoms with Crippen molar-refractivity contribution >= 4 is 35.1 Å². The quantitative estimate of drug-likeness (QED) is 0.583. The van der Waals surface area contributed by atoms with Crippen LogP contribution in [0.4, 0.5) is 5.69 Å². The Morgan fingerprint density at radius 3 is 2.13 bits per heavy atom. The second-order valence-electron chi connectivity index (χ2n) is 8.09. The largest absolute Gasteiger partial charge is 0.454 e. The van der Waals surface area contributed by atoms with Crippen LogP contribution < -0.4 is 10.6 Å². The molecule has 0 fully saturated rings. The van der Waals surface area contributed by atoms with Crippen molar-refractivity contribution in [2.24, 2.45) is 5.92 Å². The first-order chi connectivity index (χ1) is 14.6. The number of benzene rings is 2. The highest BCUT2D eigenvalue weighted by molar-refractivity contribution is 6.30. The number of aryl methyl sites for hydroxylation is 3. The molecule has 7 heteroatoms. The third kappa shape index (κ3) is 7.40. The van der Waals surface area contributed by atoms with E-state index in [0.29, 0.717) is 22.7 Å². The number of halogens is 1. The van der Waals surface area contributed by atoms with E-state index in [0.717, 1.165) is 16.7 Å². The van der Waals surface area contributed by atoms with Crippen LogP contribution in [0.3, 0.4) is 0 Å². The van der Waals surface area contributed by atoms with Crippen molar-refractivity contribution in [2.45, 2.75) is 47.1 Å². The average molecular weight is 445 g/mol. The number of hydrogen-bond donors (Lipinski definition) is 2. The summed E-state index contributed by atoms with van der Waals surface area (Å²) in [6.45, 7) is 9.24. The molecule has 0 saturated heterocycles. The molecule has 0 bridgehead atoms. The van der Waals surface area contributed by atoms with E-state index in [2.05, 4.69) is 10.6 Å². The number of carbonyl (C=O) groups excluding carboxylic acids is 3. The highest BCUT2D eigenvalue weighted by atomic mass is 35.5. The summed E-state index contributed by atoms with van der Waals surface area (Å²) in [7, 11) is 0. The maximum absolute atomic E-state index is 12.6. The lowest BCUT2D eigenvalue weighted by molar-refractivity contribution is -0.149. The Hall–Kier alpha value is -2.86. The second-order valence-corrected chi connectivity index (χ2v) is 8.53. The van der Waals surface area contributed by atoms with Gasteiger partial charge in [0.15, 0.2) is 6.61 Å².